The summed E-state index contributed by atoms with van der Waals surface area (Å²) in [5, 5.41) is 21.6. The second kappa shape index (κ2) is 4.43. The zero-order valence-corrected chi connectivity index (χ0v) is 9.74. The van der Waals surface area contributed by atoms with Gasteiger partial charge in [-0.15, -0.1) is 0 Å². The van der Waals surface area contributed by atoms with Crippen LogP contribution in [0.3, 0.4) is 0 Å². The molecule has 1 amide bonds. The standard InChI is InChI=1S/C12H17NO3/c1-12(2,3)7-13-11(16)10-8(14)5-4-6-9(10)15/h4-6,14-15H,7H2,1-3H3,(H,13,16). The smallest absolute Gasteiger partial charge is 0.258 e. The molecule has 88 valence electrons. The van der Waals surface area contributed by atoms with Crippen LogP contribution in [0, 0.1) is 5.41 Å². The fraction of sp³-hybridized carbons (Fsp3) is 0.417. The molecule has 0 bridgehead atoms. The van der Waals surface area contributed by atoms with Gasteiger partial charge in [0.1, 0.15) is 17.1 Å². The Balaban J connectivity index is 2.81. The lowest BCUT2D eigenvalue weighted by Crippen LogP contribution is -2.32. The molecule has 0 aromatic heterocycles. The van der Waals surface area contributed by atoms with Crippen molar-refractivity contribution in [2.24, 2.45) is 5.41 Å². The summed E-state index contributed by atoms with van der Waals surface area (Å²) in [6.07, 6.45) is 0. The molecule has 1 aromatic carbocycles. The van der Waals surface area contributed by atoms with E-state index in [4.69, 9.17) is 0 Å². The molecule has 1 rings (SSSR count). The van der Waals surface area contributed by atoms with Gasteiger partial charge in [0, 0.05) is 6.54 Å². The Morgan fingerprint density at radius 1 is 1.25 bits per heavy atom. The van der Waals surface area contributed by atoms with Crippen molar-refractivity contribution in [2.75, 3.05) is 6.54 Å². The molecule has 0 heterocycles. The molecule has 4 nitrogen and oxygen atoms in total. The molecule has 16 heavy (non-hydrogen) atoms. The minimum atomic E-state index is -0.467. The number of hydrogen-bond donors (Lipinski definition) is 3. The van der Waals surface area contributed by atoms with Crippen molar-refractivity contribution in [3.05, 3.63) is 23.8 Å². The summed E-state index contributed by atoms with van der Waals surface area (Å²) >= 11 is 0. The lowest BCUT2D eigenvalue weighted by molar-refractivity contribution is 0.0934. The summed E-state index contributed by atoms with van der Waals surface area (Å²) in [7, 11) is 0. The quantitative estimate of drug-likeness (QED) is 0.717. The maximum absolute atomic E-state index is 11.7. The Bertz CT molecular complexity index is 373. The van der Waals surface area contributed by atoms with Crippen LogP contribution in [0.1, 0.15) is 31.1 Å². The first-order valence-corrected chi connectivity index (χ1v) is 5.10. The minimum Gasteiger partial charge on any atom is -0.507 e. The van der Waals surface area contributed by atoms with Crippen LogP contribution in [0.5, 0.6) is 11.5 Å². The van der Waals surface area contributed by atoms with E-state index in [-0.39, 0.29) is 22.5 Å². The summed E-state index contributed by atoms with van der Waals surface area (Å²) in [5.41, 5.74) is -0.123. The van der Waals surface area contributed by atoms with Crippen LogP contribution in [0.4, 0.5) is 0 Å². The van der Waals surface area contributed by atoms with Gasteiger partial charge in [-0.2, -0.15) is 0 Å². The van der Waals surface area contributed by atoms with Crippen molar-refractivity contribution < 1.29 is 15.0 Å². The lowest BCUT2D eigenvalue weighted by atomic mass is 9.97. The molecule has 1 aromatic rings. The van der Waals surface area contributed by atoms with E-state index in [0.717, 1.165) is 0 Å². The number of amides is 1. The van der Waals surface area contributed by atoms with E-state index in [2.05, 4.69) is 5.32 Å². The van der Waals surface area contributed by atoms with E-state index < -0.39 is 5.91 Å². The van der Waals surface area contributed by atoms with E-state index in [9.17, 15) is 15.0 Å². The minimum absolute atomic E-state index is 0.0460. The maximum atomic E-state index is 11.7. The highest BCUT2D eigenvalue weighted by Gasteiger charge is 2.18. The lowest BCUT2D eigenvalue weighted by Gasteiger charge is -2.19. The SMILES string of the molecule is CC(C)(C)CNC(=O)c1c(O)cccc1O. The van der Waals surface area contributed by atoms with Crippen LogP contribution >= 0.6 is 0 Å². The van der Waals surface area contributed by atoms with Crippen LogP contribution in [0.2, 0.25) is 0 Å². The second-order valence-corrected chi connectivity index (χ2v) is 4.91. The third kappa shape index (κ3) is 3.15. The van der Waals surface area contributed by atoms with E-state index in [0.29, 0.717) is 6.54 Å². The highest BCUT2D eigenvalue weighted by Crippen LogP contribution is 2.26. The Kier molecular flexibility index (Phi) is 3.42. The van der Waals surface area contributed by atoms with E-state index in [1.807, 2.05) is 20.8 Å². The van der Waals surface area contributed by atoms with Gasteiger partial charge < -0.3 is 15.5 Å². The summed E-state index contributed by atoms with van der Waals surface area (Å²) in [6, 6.07) is 4.21. The van der Waals surface area contributed by atoms with Crippen molar-refractivity contribution in [3.63, 3.8) is 0 Å². The second-order valence-electron chi connectivity index (χ2n) is 4.91. The Morgan fingerprint density at radius 2 is 1.75 bits per heavy atom. The van der Waals surface area contributed by atoms with Gasteiger partial charge in [0.25, 0.3) is 5.91 Å². The van der Waals surface area contributed by atoms with Gasteiger partial charge >= 0.3 is 0 Å². The first kappa shape index (κ1) is 12.4. The average Bonchev–Trinajstić information content (AvgIpc) is 2.13. The molecule has 0 saturated heterocycles. The normalized spacial score (nSPS) is 11.2. The van der Waals surface area contributed by atoms with Crippen LogP contribution in [-0.4, -0.2) is 22.7 Å². The van der Waals surface area contributed by atoms with E-state index >= 15 is 0 Å². The van der Waals surface area contributed by atoms with Crippen LogP contribution in [-0.2, 0) is 0 Å². The molecule has 0 aliphatic carbocycles. The summed E-state index contributed by atoms with van der Waals surface area (Å²) in [5.74, 6) is -0.900. The van der Waals surface area contributed by atoms with Gasteiger partial charge in [0.05, 0.1) is 0 Å². The molecule has 0 radical (unpaired) electrons. The molecule has 0 spiro atoms. The maximum Gasteiger partial charge on any atom is 0.258 e. The van der Waals surface area contributed by atoms with Gasteiger partial charge in [-0.05, 0) is 17.5 Å². The van der Waals surface area contributed by atoms with Crippen LogP contribution < -0.4 is 5.32 Å². The molecule has 4 heteroatoms. The van der Waals surface area contributed by atoms with Gasteiger partial charge in [-0.3, -0.25) is 4.79 Å². The van der Waals surface area contributed by atoms with Crippen molar-refractivity contribution in [3.8, 4) is 11.5 Å². The number of carbonyl (C=O) groups is 1. The Hall–Kier alpha value is -1.71. The summed E-state index contributed by atoms with van der Waals surface area (Å²) in [6.45, 7) is 6.42. The summed E-state index contributed by atoms with van der Waals surface area (Å²) < 4.78 is 0. The molecule has 0 saturated carbocycles. The van der Waals surface area contributed by atoms with Crippen LogP contribution in [0.15, 0.2) is 18.2 Å². The molecule has 0 aliphatic heterocycles. The van der Waals surface area contributed by atoms with Gasteiger partial charge in [-0.25, -0.2) is 0 Å². The predicted octanol–water partition coefficient (Wildman–Crippen LogP) is 1.87. The first-order valence-electron chi connectivity index (χ1n) is 5.10. The zero-order chi connectivity index (χ0) is 12.3. The van der Waals surface area contributed by atoms with Crippen molar-refractivity contribution in [1.82, 2.24) is 5.32 Å². The van der Waals surface area contributed by atoms with Crippen molar-refractivity contribution >= 4 is 5.91 Å². The third-order valence-electron chi connectivity index (χ3n) is 2.03. The molecule has 0 aliphatic rings. The van der Waals surface area contributed by atoms with Crippen molar-refractivity contribution in [2.45, 2.75) is 20.8 Å². The first-order chi connectivity index (χ1) is 7.31. The molecule has 0 fully saturated rings. The average molecular weight is 223 g/mol. The van der Waals surface area contributed by atoms with Gasteiger partial charge in [0.2, 0.25) is 0 Å². The van der Waals surface area contributed by atoms with E-state index in [1.54, 1.807) is 0 Å². The van der Waals surface area contributed by atoms with Crippen molar-refractivity contribution in [1.29, 1.82) is 0 Å². The number of phenols is 2. The molecule has 0 unspecified atom stereocenters. The molecular weight excluding hydrogens is 206 g/mol. The van der Waals surface area contributed by atoms with Crippen LogP contribution in [0.25, 0.3) is 0 Å². The van der Waals surface area contributed by atoms with Gasteiger partial charge in [0.15, 0.2) is 0 Å². The zero-order valence-electron chi connectivity index (χ0n) is 9.74. The number of rotatable bonds is 2. The highest BCUT2D eigenvalue weighted by molar-refractivity contribution is 5.99. The molecular formula is C12H17NO3. The van der Waals surface area contributed by atoms with Gasteiger partial charge in [-0.1, -0.05) is 26.8 Å². The number of phenolic OH excluding ortho intramolecular Hbond substituents is 2. The topological polar surface area (TPSA) is 69.6 Å². The Labute approximate surface area is 94.9 Å². The Morgan fingerprint density at radius 3 is 2.19 bits per heavy atom. The number of carbonyl (C=O) groups excluding carboxylic acids is 1. The predicted molar refractivity (Wildman–Crippen MR) is 61.6 cm³/mol. The largest absolute Gasteiger partial charge is 0.507 e. The fourth-order valence-electron chi connectivity index (χ4n) is 1.19. The third-order valence-corrected chi connectivity index (χ3v) is 2.03. The molecule has 3 N–H and O–H groups in total. The number of nitrogens with one attached hydrogen (secondary N) is 1. The monoisotopic (exact) mass is 223 g/mol. The fourth-order valence-corrected chi connectivity index (χ4v) is 1.19. The number of benzene rings is 1. The number of aromatic hydroxyl groups is 2. The number of hydrogen-bond acceptors (Lipinski definition) is 3. The summed E-state index contributed by atoms with van der Waals surface area (Å²) in [4.78, 5) is 11.7. The highest BCUT2D eigenvalue weighted by atomic mass is 16.3. The molecule has 0 atom stereocenters. The van der Waals surface area contributed by atoms with E-state index in [1.165, 1.54) is 18.2 Å².